The summed E-state index contributed by atoms with van der Waals surface area (Å²) in [6, 6.07) is 16.4. The third-order valence-corrected chi connectivity index (χ3v) is 3.48. The molecule has 0 aliphatic heterocycles. The van der Waals surface area contributed by atoms with E-state index >= 15 is 0 Å². The number of aromatic amines is 2. The number of H-pyrrole nitrogens is 2. The normalized spacial score (nSPS) is 10.7. The predicted molar refractivity (Wildman–Crippen MR) is 82.6 cm³/mol. The Hall–Kier alpha value is -3.28. The van der Waals surface area contributed by atoms with Crippen molar-refractivity contribution in [1.82, 2.24) is 30.4 Å². The Morgan fingerprint density at radius 3 is 1.18 bits per heavy atom. The lowest BCUT2D eigenvalue weighted by Crippen LogP contribution is -1.84. The minimum Gasteiger partial charge on any atom is -0.259 e. The summed E-state index contributed by atoms with van der Waals surface area (Å²) in [6.45, 7) is 0. The van der Waals surface area contributed by atoms with Crippen molar-refractivity contribution < 1.29 is 0 Å². The highest BCUT2D eigenvalue weighted by molar-refractivity contribution is 5.70. The highest BCUT2D eigenvalue weighted by Crippen LogP contribution is 2.25. The first-order chi connectivity index (χ1) is 10.9. The van der Waals surface area contributed by atoms with E-state index in [-0.39, 0.29) is 0 Å². The van der Waals surface area contributed by atoms with Crippen LogP contribution >= 0.6 is 0 Å². The van der Waals surface area contributed by atoms with Gasteiger partial charge in [0.15, 0.2) is 11.6 Å². The molecule has 2 heterocycles. The van der Waals surface area contributed by atoms with Gasteiger partial charge >= 0.3 is 0 Å². The highest BCUT2D eigenvalue weighted by atomic mass is 15.2. The number of nitrogens with one attached hydrogen (secondary N) is 2. The van der Waals surface area contributed by atoms with Crippen molar-refractivity contribution in [2.75, 3.05) is 0 Å². The largest absolute Gasteiger partial charge is 0.259 e. The van der Waals surface area contributed by atoms with Crippen LogP contribution in [0.1, 0.15) is 0 Å². The molecule has 22 heavy (non-hydrogen) atoms. The lowest BCUT2D eigenvalue weighted by Gasteiger charge is -2.04. The first kappa shape index (κ1) is 12.5. The molecule has 6 nitrogen and oxygen atoms in total. The number of benzene rings is 2. The Balaban J connectivity index is 1.62. The van der Waals surface area contributed by atoms with Crippen LogP contribution in [0.15, 0.2) is 61.2 Å². The van der Waals surface area contributed by atoms with E-state index in [1.165, 1.54) is 12.7 Å². The summed E-state index contributed by atoms with van der Waals surface area (Å²) in [4.78, 5) is 8.29. The Kier molecular flexibility index (Phi) is 2.97. The summed E-state index contributed by atoms with van der Waals surface area (Å²) in [5, 5.41) is 13.4. The van der Waals surface area contributed by atoms with Crippen LogP contribution in [0.25, 0.3) is 33.9 Å². The van der Waals surface area contributed by atoms with Crippen LogP contribution in [0.4, 0.5) is 0 Å². The fourth-order valence-corrected chi connectivity index (χ4v) is 2.33. The summed E-state index contributed by atoms with van der Waals surface area (Å²) in [5.41, 5.74) is 4.32. The van der Waals surface area contributed by atoms with Crippen LogP contribution < -0.4 is 0 Å². The van der Waals surface area contributed by atoms with E-state index in [0.717, 1.165) is 33.9 Å². The molecule has 0 saturated heterocycles. The molecule has 2 aromatic heterocycles. The summed E-state index contributed by atoms with van der Waals surface area (Å²) >= 11 is 0. The Labute approximate surface area is 126 Å². The van der Waals surface area contributed by atoms with Gasteiger partial charge in [0.05, 0.1) is 0 Å². The summed E-state index contributed by atoms with van der Waals surface area (Å²) in [5.74, 6) is 1.54. The lowest BCUT2D eigenvalue weighted by atomic mass is 10.0. The van der Waals surface area contributed by atoms with E-state index in [9.17, 15) is 0 Å². The Morgan fingerprint density at radius 2 is 0.864 bits per heavy atom. The second kappa shape index (κ2) is 5.25. The molecule has 0 aliphatic carbocycles. The monoisotopic (exact) mass is 288 g/mol. The van der Waals surface area contributed by atoms with Gasteiger partial charge < -0.3 is 0 Å². The molecule has 0 fully saturated rings. The average molecular weight is 288 g/mol. The van der Waals surface area contributed by atoms with Gasteiger partial charge in [-0.25, -0.2) is 9.97 Å². The third kappa shape index (κ3) is 2.26. The molecular weight excluding hydrogens is 276 g/mol. The van der Waals surface area contributed by atoms with Gasteiger partial charge in [0.25, 0.3) is 0 Å². The van der Waals surface area contributed by atoms with Crippen molar-refractivity contribution in [3.05, 3.63) is 61.2 Å². The number of hydrogen-bond donors (Lipinski definition) is 2. The first-order valence-corrected chi connectivity index (χ1v) is 6.82. The highest BCUT2D eigenvalue weighted by Gasteiger charge is 2.04. The van der Waals surface area contributed by atoms with Crippen molar-refractivity contribution in [3.63, 3.8) is 0 Å². The lowest BCUT2D eigenvalue weighted by molar-refractivity contribution is 1.09. The van der Waals surface area contributed by atoms with Gasteiger partial charge in [-0.2, -0.15) is 10.2 Å². The van der Waals surface area contributed by atoms with Crippen LogP contribution in [-0.2, 0) is 0 Å². The molecule has 0 amide bonds. The van der Waals surface area contributed by atoms with Crippen molar-refractivity contribution in [2.45, 2.75) is 0 Å². The van der Waals surface area contributed by atoms with E-state index < -0.39 is 0 Å². The molecule has 0 radical (unpaired) electrons. The van der Waals surface area contributed by atoms with E-state index in [0.29, 0.717) is 0 Å². The zero-order valence-electron chi connectivity index (χ0n) is 11.6. The van der Waals surface area contributed by atoms with E-state index in [1.54, 1.807) is 0 Å². The number of hydrogen-bond acceptors (Lipinski definition) is 4. The van der Waals surface area contributed by atoms with Gasteiger partial charge in [0.2, 0.25) is 0 Å². The van der Waals surface area contributed by atoms with Crippen molar-refractivity contribution in [2.24, 2.45) is 0 Å². The second-order valence-electron chi connectivity index (χ2n) is 4.82. The molecule has 0 aliphatic rings. The molecule has 0 spiro atoms. The maximum atomic E-state index is 4.15. The number of rotatable bonds is 3. The maximum absolute atomic E-state index is 4.15. The topological polar surface area (TPSA) is 83.1 Å². The number of aromatic nitrogens is 6. The summed E-state index contributed by atoms with van der Waals surface area (Å²) in [7, 11) is 0. The van der Waals surface area contributed by atoms with Gasteiger partial charge in [-0.3, -0.25) is 10.2 Å². The SMILES string of the molecule is c1n[nH]c(-c2ccc(-c3ccc(-c4ncn[nH]4)cc3)cc2)n1. The average Bonchev–Trinajstić information content (AvgIpc) is 3.29. The van der Waals surface area contributed by atoms with E-state index in [4.69, 9.17) is 0 Å². The Morgan fingerprint density at radius 1 is 0.500 bits per heavy atom. The molecule has 2 N–H and O–H groups in total. The van der Waals surface area contributed by atoms with Crippen molar-refractivity contribution in [3.8, 4) is 33.9 Å². The molecule has 0 unspecified atom stereocenters. The van der Waals surface area contributed by atoms with Crippen LogP contribution in [0.2, 0.25) is 0 Å². The van der Waals surface area contributed by atoms with E-state index in [2.05, 4.69) is 54.6 Å². The van der Waals surface area contributed by atoms with Gasteiger partial charge in [0, 0.05) is 11.1 Å². The molecule has 0 atom stereocenters. The predicted octanol–water partition coefficient (Wildman–Crippen LogP) is 2.92. The zero-order chi connectivity index (χ0) is 14.8. The van der Waals surface area contributed by atoms with Crippen LogP contribution in [0.5, 0.6) is 0 Å². The van der Waals surface area contributed by atoms with Crippen LogP contribution in [0.3, 0.4) is 0 Å². The zero-order valence-corrected chi connectivity index (χ0v) is 11.6. The molecule has 4 aromatic rings. The van der Waals surface area contributed by atoms with Crippen molar-refractivity contribution >= 4 is 0 Å². The fraction of sp³-hybridized carbons (Fsp3) is 0. The Bertz CT molecular complexity index is 770. The molecule has 0 saturated carbocycles. The fourth-order valence-electron chi connectivity index (χ4n) is 2.33. The van der Waals surface area contributed by atoms with Crippen molar-refractivity contribution in [1.29, 1.82) is 0 Å². The van der Waals surface area contributed by atoms with Crippen LogP contribution in [0, 0.1) is 0 Å². The minimum atomic E-state index is 0.771. The quantitative estimate of drug-likeness (QED) is 0.607. The number of nitrogens with zero attached hydrogens (tertiary/aromatic N) is 4. The van der Waals surface area contributed by atoms with E-state index in [1.807, 2.05) is 24.3 Å². The van der Waals surface area contributed by atoms with Gasteiger partial charge in [-0.05, 0) is 11.1 Å². The smallest absolute Gasteiger partial charge is 0.155 e. The molecule has 0 bridgehead atoms. The van der Waals surface area contributed by atoms with Gasteiger partial charge in [0.1, 0.15) is 12.7 Å². The van der Waals surface area contributed by atoms with Gasteiger partial charge in [-0.1, -0.05) is 48.5 Å². The maximum Gasteiger partial charge on any atom is 0.155 e. The third-order valence-electron chi connectivity index (χ3n) is 3.48. The first-order valence-electron chi connectivity index (χ1n) is 6.82. The molecule has 2 aromatic carbocycles. The summed E-state index contributed by atoms with van der Waals surface area (Å²) < 4.78 is 0. The van der Waals surface area contributed by atoms with Gasteiger partial charge in [-0.15, -0.1) is 0 Å². The molecule has 6 heteroatoms. The molecule has 4 rings (SSSR count). The molecular formula is C16H12N6. The standard InChI is InChI=1S/C16H12N6/c1-5-13(15-17-9-19-21-15)6-2-11(1)12-3-7-14(8-4-12)16-18-10-20-22-16/h1-10H,(H,17,19,21)(H,18,20,22). The molecule has 106 valence electrons. The minimum absolute atomic E-state index is 0.771. The second-order valence-corrected chi connectivity index (χ2v) is 4.82. The van der Waals surface area contributed by atoms with Crippen LogP contribution in [-0.4, -0.2) is 30.4 Å². The summed E-state index contributed by atoms with van der Waals surface area (Å²) in [6.07, 6.45) is 3.01.